The van der Waals surface area contributed by atoms with Crippen molar-refractivity contribution in [3.05, 3.63) is 23.7 Å². The van der Waals surface area contributed by atoms with E-state index in [2.05, 4.69) is 0 Å². The average Bonchev–Trinajstić information content (AvgIpc) is 2.72. The third-order valence-corrected chi connectivity index (χ3v) is 3.22. The SMILES string of the molecule is NC1(c2ccc(C(F)(F)F)o2)CCC(O)CC1. The van der Waals surface area contributed by atoms with Crippen molar-refractivity contribution in [1.82, 2.24) is 0 Å². The normalized spacial score (nSPS) is 30.5. The monoisotopic (exact) mass is 249 g/mol. The topological polar surface area (TPSA) is 59.4 Å². The van der Waals surface area contributed by atoms with Gasteiger partial charge in [0, 0.05) is 0 Å². The van der Waals surface area contributed by atoms with Crippen LogP contribution in [0.15, 0.2) is 16.5 Å². The molecule has 1 aliphatic rings. The molecule has 3 nitrogen and oxygen atoms in total. The van der Waals surface area contributed by atoms with Crippen LogP contribution in [0, 0.1) is 0 Å². The van der Waals surface area contributed by atoms with Crippen LogP contribution < -0.4 is 5.73 Å². The van der Waals surface area contributed by atoms with Crippen LogP contribution in [0.4, 0.5) is 13.2 Å². The summed E-state index contributed by atoms with van der Waals surface area (Å²) in [5, 5.41) is 9.36. The fourth-order valence-electron chi connectivity index (χ4n) is 2.12. The number of rotatable bonds is 1. The van der Waals surface area contributed by atoms with Gasteiger partial charge < -0.3 is 15.3 Å². The summed E-state index contributed by atoms with van der Waals surface area (Å²) in [6.45, 7) is 0. The highest BCUT2D eigenvalue weighted by Crippen LogP contribution is 2.38. The Morgan fingerprint density at radius 2 is 1.88 bits per heavy atom. The van der Waals surface area contributed by atoms with Crippen LogP contribution in [0.5, 0.6) is 0 Å². The number of furan rings is 1. The average molecular weight is 249 g/mol. The molecule has 1 saturated carbocycles. The van der Waals surface area contributed by atoms with E-state index < -0.39 is 23.6 Å². The van der Waals surface area contributed by atoms with Crippen molar-refractivity contribution >= 4 is 0 Å². The van der Waals surface area contributed by atoms with E-state index in [1.165, 1.54) is 6.07 Å². The molecule has 0 unspecified atom stereocenters. The predicted octanol–water partition coefficient (Wildman–Crippen LogP) is 2.39. The van der Waals surface area contributed by atoms with Crippen LogP contribution >= 0.6 is 0 Å². The first-order valence-electron chi connectivity index (χ1n) is 5.46. The van der Waals surface area contributed by atoms with Gasteiger partial charge in [0.15, 0.2) is 0 Å². The molecule has 0 atom stereocenters. The standard InChI is InChI=1S/C11H14F3NO2/c12-11(13,14)9-2-1-8(17-9)10(15)5-3-7(16)4-6-10/h1-2,7,16H,3-6,15H2. The molecule has 0 aromatic carbocycles. The van der Waals surface area contributed by atoms with Gasteiger partial charge in [-0.25, -0.2) is 0 Å². The lowest BCUT2D eigenvalue weighted by molar-refractivity contribution is -0.153. The van der Waals surface area contributed by atoms with Gasteiger partial charge in [-0.05, 0) is 37.8 Å². The first kappa shape index (κ1) is 12.4. The molecule has 6 heteroatoms. The van der Waals surface area contributed by atoms with Crippen LogP contribution in [0.25, 0.3) is 0 Å². The van der Waals surface area contributed by atoms with Gasteiger partial charge in [0.25, 0.3) is 0 Å². The zero-order chi connectivity index (χ0) is 12.7. The number of halogens is 3. The number of hydrogen-bond donors (Lipinski definition) is 2. The quantitative estimate of drug-likeness (QED) is 0.803. The molecule has 96 valence electrons. The molecule has 0 saturated heterocycles. The van der Waals surface area contributed by atoms with Crippen LogP contribution in [-0.4, -0.2) is 11.2 Å². The Hall–Kier alpha value is -1.01. The summed E-state index contributed by atoms with van der Waals surface area (Å²) in [5.74, 6) is -0.875. The van der Waals surface area contributed by atoms with Gasteiger partial charge in [0.1, 0.15) is 5.76 Å². The van der Waals surface area contributed by atoms with Crippen molar-refractivity contribution in [3.63, 3.8) is 0 Å². The van der Waals surface area contributed by atoms with Crippen LogP contribution in [-0.2, 0) is 11.7 Å². The van der Waals surface area contributed by atoms with Crippen LogP contribution in [0.2, 0.25) is 0 Å². The fraction of sp³-hybridized carbons (Fsp3) is 0.636. The van der Waals surface area contributed by atoms with E-state index in [-0.39, 0.29) is 5.76 Å². The number of aliphatic hydroxyl groups is 1. The molecule has 0 bridgehead atoms. The Kier molecular flexibility index (Phi) is 2.95. The molecule has 1 fully saturated rings. The van der Waals surface area contributed by atoms with E-state index in [1.54, 1.807) is 0 Å². The van der Waals surface area contributed by atoms with E-state index in [0.29, 0.717) is 25.7 Å². The molecule has 0 radical (unpaired) electrons. The number of hydrogen-bond acceptors (Lipinski definition) is 3. The molecule has 1 aromatic heterocycles. The minimum Gasteiger partial charge on any atom is -0.455 e. The number of aliphatic hydroxyl groups excluding tert-OH is 1. The Labute approximate surface area is 96.4 Å². The molecule has 1 aromatic rings. The third-order valence-electron chi connectivity index (χ3n) is 3.22. The zero-order valence-corrected chi connectivity index (χ0v) is 9.13. The fourth-order valence-corrected chi connectivity index (χ4v) is 2.12. The summed E-state index contributed by atoms with van der Waals surface area (Å²) in [6, 6.07) is 2.18. The highest BCUT2D eigenvalue weighted by Gasteiger charge is 2.39. The van der Waals surface area contributed by atoms with Gasteiger partial charge in [0.2, 0.25) is 5.76 Å². The maximum absolute atomic E-state index is 12.4. The minimum absolute atomic E-state index is 0.150. The molecule has 1 aliphatic carbocycles. The Balaban J connectivity index is 2.20. The molecule has 2 rings (SSSR count). The second-order valence-corrected chi connectivity index (χ2v) is 4.55. The van der Waals surface area contributed by atoms with Gasteiger partial charge in [-0.15, -0.1) is 0 Å². The van der Waals surface area contributed by atoms with Crippen molar-refractivity contribution in [2.75, 3.05) is 0 Å². The summed E-state index contributed by atoms with van der Waals surface area (Å²) >= 11 is 0. The maximum atomic E-state index is 12.4. The van der Waals surface area contributed by atoms with Crippen molar-refractivity contribution in [1.29, 1.82) is 0 Å². The smallest absolute Gasteiger partial charge is 0.449 e. The van der Waals surface area contributed by atoms with Crippen LogP contribution in [0.3, 0.4) is 0 Å². The highest BCUT2D eigenvalue weighted by atomic mass is 19.4. The van der Waals surface area contributed by atoms with Crippen molar-refractivity contribution < 1.29 is 22.7 Å². The van der Waals surface area contributed by atoms with Gasteiger partial charge in [-0.2, -0.15) is 13.2 Å². The molecule has 17 heavy (non-hydrogen) atoms. The van der Waals surface area contributed by atoms with E-state index in [9.17, 15) is 18.3 Å². The maximum Gasteiger partial charge on any atom is 0.449 e. The Morgan fingerprint density at radius 3 is 2.35 bits per heavy atom. The first-order chi connectivity index (χ1) is 7.81. The lowest BCUT2D eigenvalue weighted by Crippen LogP contribution is -2.41. The Bertz CT molecular complexity index is 392. The van der Waals surface area contributed by atoms with E-state index >= 15 is 0 Å². The van der Waals surface area contributed by atoms with Crippen molar-refractivity contribution in [2.24, 2.45) is 5.73 Å². The Morgan fingerprint density at radius 1 is 1.29 bits per heavy atom. The van der Waals surface area contributed by atoms with E-state index in [1.807, 2.05) is 0 Å². The van der Waals surface area contributed by atoms with E-state index in [4.69, 9.17) is 10.2 Å². The first-order valence-corrected chi connectivity index (χ1v) is 5.46. The highest BCUT2D eigenvalue weighted by molar-refractivity contribution is 5.18. The molecule has 0 aliphatic heterocycles. The van der Waals surface area contributed by atoms with Gasteiger partial charge in [0.05, 0.1) is 11.6 Å². The zero-order valence-electron chi connectivity index (χ0n) is 9.13. The van der Waals surface area contributed by atoms with E-state index in [0.717, 1.165) is 6.07 Å². The molecule has 1 heterocycles. The number of nitrogens with two attached hydrogens (primary N) is 1. The summed E-state index contributed by atoms with van der Waals surface area (Å²) in [5.41, 5.74) is 5.14. The lowest BCUT2D eigenvalue weighted by atomic mass is 9.79. The predicted molar refractivity (Wildman–Crippen MR) is 54.1 cm³/mol. The summed E-state index contributed by atoms with van der Waals surface area (Å²) in [4.78, 5) is 0. The van der Waals surface area contributed by atoms with Gasteiger partial charge >= 0.3 is 6.18 Å². The second-order valence-electron chi connectivity index (χ2n) is 4.55. The van der Waals surface area contributed by atoms with Gasteiger partial charge in [-0.1, -0.05) is 0 Å². The third kappa shape index (κ3) is 2.47. The molecular weight excluding hydrogens is 235 g/mol. The van der Waals surface area contributed by atoms with Crippen molar-refractivity contribution in [2.45, 2.75) is 43.5 Å². The molecular formula is C11H14F3NO2. The molecule has 0 amide bonds. The lowest BCUT2D eigenvalue weighted by Gasteiger charge is -2.33. The summed E-state index contributed by atoms with van der Waals surface area (Å²) in [7, 11) is 0. The molecule has 3 N–H and O–H groups in total. The second kappa shape index (κ2) is 4.03. The summed E-state index contributed by atoms with van der Waals surface area (Å²) < 4.78 is 41.9. The molecule has 0 spiro atoms. The largest absolute Gasteiger partial charge is 0.455 e. The minimum atomic E-state index is -4.48. The van der Waals surface area contributed by atoms with Gasteiger partial charge in [-0.3, -0.25) is 0 Å². The van der Waals surface area contributed by atoms with Crippen LogP contribution in [0.1, 0.15) is 37.2 Å². The number of alkyl halides is 3. The van der Waals surface area contributed by atoms with Crippen molar-refractivity contribution in [3.8, 4) is 0 Å². The summed E-state index contributed by atoms with van der Waals surface area (Å²) in [6.07, 6.45) is -3.07.